The summed E-state index contributed by atoms with van der Waals surface area (Å²) < 4.78 is 24.9. The zero-order valence-corrected chi connectivity index (χ0v) is 13.9. The van der Waals surface area contributed by atoms with Gasteiger partial charge in [-0.15, -0.1) is 0 Å². The molecule has 1 amide bonds. The van der Waals surface area contributed by atoms with Gasteiger partial charge in [0.1, 0.15) is 0 Å². The van der Waals surface area contributed by atoms with Crippen LogP contribution in [0, 0.1) is 6.92 Å². The number of nitrogens with zero attached hydrogens (tertiary/aromatic N) is 2. The van der Waals surface area contributed by atoms with E-state index in [9.17, 15) is 13.2 Å². The fraction of sp³-hybridized carbons (Fsp3) is 0.250. The molecule has 7 heteroatoms. The van der Waals surface area contributed by atoms with Gasteiger partial charge in [-0.3, -0.25) is 9.78 Å². The second-order valence-electron chi connectivity index (χ2n) is 5.30. The van der Waals surface area contributed by atoms with Gasteiger partial charge in [-0.2, -0.15) is 4.31 Å². The Hall–Kier alpha value is -2.25. The first-order valence-corrected chi connectivity index (χ1v) is 8.90. The third-order valence-corrected chi connectivity index (χ3v) is 4.43. The SMILES string of the molecule is Cc1ccc(NC(=O)CN(Cc2ccncc2)S(C)(=O)=O)cc1. The molecule has 23 heavy (non-hydrogen) atoms. The average Bonchev–Trinajstić information content (AvgIpc) is 2.49. The number of aromatic nitrogens is 1. The summed E-state index contributed by atoms with van der Waals surface area (Å²) in [6.07, 6.45) is 4.26. The van der Waals surface area contributed by atoms with Gasteiger partial charge in [-0.25, -0.2) is 8.42 Å². The van der Waals surface area contributed by atoms with E-state index in [1.54, 1.807) is 36.7 Å². The molecule has 1 aromatic carbocycles. The van der Waals surface area contributed by atoms with Crippen molar-refractivity contribution < 1.29 is 13.2 Å². The molecule has 0 fully saturated rings. The van der Waals surface area contributed by atoms with E-state index in [0.717, 1.165) is 21.7 Å². The lowest BCUT2D eigenvalue weighted by Crippen LogP contribution is -2.36. The van der Waals surface area contributed by atoms with Crippen LogP contribution < -0.4 is 5.32 Å². The number of carbonyl (C=O) groups excluding carboxylic acids is 1. The van der Waals surface area contributed by atoms with Crippen molar-refractivity contribution in [3.05, 3.63) is 59.9 Å². The molecule has 0 saturated heterocycles. The number of rotatable bonds is 6. The summed E-state index contributed by atoms with van der Waals surface area (Å²) in [5.74, 6) is -0.381. The van der Waals surface area contributed by atoms with E-state index >= 15 is 0 Å². The Labute approximate surface area is 136 Å². The Morgan fingerprint density at radius 2 is 1.74 bits per heavy atom. The van der Waals surface area contributed by atoms with Gasteiger partial charge in [-0.1, -0.05) is 17.7 Å². The Kier molecular flexibility index (Phi) is 5.46. The summed E-state index contributed by atoms with van der Waals surface area (Å²) in [4.78, 5) is 16.0. The number of pyridine rings is 1. The molecule has 0 spiro atoms. The van der Waals surface area contributed by atoms with Crippen molar-refractivity contribution in [3.63, 3.8) is 0 Å². The van der Waals surface area contributed by atoms with Crippen molar-refractivity contribution >= 4 is 21.6 Å². The van der Waals surface area contributed by atoms with E-state index < -0.39 is 10.0 Å². The molecule has 0 saturated carbocycles. The summed E-state index contributed by atoms with van der Waals surface area (Å²) in [5, 5.41) is 2.70. The fourth-order valence-corrected chi connectivity index (χ4v) is 2.72. The lowest BCUT2D eigenvalue weighted by Gasteiger charge is -2.19. The van der Waals surface area contributed by atoms with Crippen LogP contribution in [-0.2, 0) is 21.4 Å². The van der Waals surface area contributed by atoms with Crippen LogP contribution in [0.15, 0.2) is 48.8 Å². The maximum Gasteiger partial charge on any atom is 0.239 e. The molecule has 1 aromatic heterocycles. The highest BCUT2D eigenvalue weighted by molar-refractivity contribution is 7.88. The molecule has 0 aliphatic carbocycles. The van der Waals surface area contributed by atoms with Crippen LogP contribution >= 0.6 is 0 Å². The van der Waals surface area contributed by atoms with Crippen molar-refractivity contribution in [2.75, 3.05) is 18.1 Å². The minimum atomic E-state index is -3.51. The molecule has 1 N–H and O–H groups in total. The van der Waals surface area contributed by atoms with Crippen molar-refractivity contribution in [1.82, 2.24) is 9.29 Å². The summed E-state index contributed by atoms with van der Waals surface area (Å²) in [5.41, 5.74) is 2.49. The Balaban J connectivity index is 2.05. The fourth-order valence-electron chi connectivity index (χ4n) is 1.98. The number of aryl methyl sites for hydroxylation is 1. The third-order valence-electron chi connectivity index (χ3n) is 3.23. The van der Waals surface area contributed by atoms with Crippen LogP contribution in [0.1, 0.15) is 11.1 Å². The lowest BCUT2D eigenvalue weighted by atomic mass is 10.2. The molecule has 0 atom stereocenters. The lowest BCUT2D eigenvalue weighted by molar-refractivity contribution is -0.116. The largest absolute Gasteiger partial charge is 0.325 e. The van der Waals surface area contributed by atoms with Gasteiger partial charge >= 0.3 is 0 Å². The van der Waals surface area contributed by atoms with E-state index in [2.05, 4.69) is 10.3 Å². The average molecular weight is 333 g/mol. The maximum atomic E-state index is 12.1. The summed E-state index contributed by atoms with van der Waals surface area (Å²) in [6, 6.07) is 10.7. The molecule has 6 nitrogen and oxygen atoms in total. The number of hydrogen-bond donors (Lipinski definition) is 1. The molecule has 1 heterocycles. The first kappa shape index (κ1) is 17.1. The van der Waals surface area contributed by atoms with Crippen LogP contribution in [0.3, 0.4) is 0 Å². The molecule has 122 valence electrons. The standard InChI is InChI=1S/C16H19N3O3S/c1-13-3-5-15(6-4-13)18-16(20)12-19(23(2,21)22)11-14-7-9-17-10-8-14/h3-10H,11-12H2,1-2H3,(H,18,20). The molecular weight excluding hydrogens is 314 g/mol. The van der Waals surface area contributed by atoms with Gasteiger partial charge in [0.25, 0.3) is 0 Å². The molecular formula is C16H19N3O3S. The third kappa shape index (κ3) is 5.46. The minimum Gasteiger partial charge on any atom is -0.325 e. The van der Waals surface area contributed by atoms with Crippen LogP contribution in [-0.4, -0.2) is 36.4 Å². The van der Waals surface area contributed by atoms with Crippen molar-refractivity contribution in [3.8, 4) is 0 Å². The first-order valence-electron chi connectivity index (χ1n) is 7.05. The second-order valence-corrected chi connectivity index (χ2v) is 7.28. The Morgan fingerprint density at radius 3 is 2.30 bits per heavy atom. The summed E-state index contributed by atoms with van der Waals surface area (Å²) in [6.45, 7) is 1.84. The molecule has 0 unspecified atom stereocenters. The van der Waals surface area contributed by atoms with Gasteiger partial charge in [0, 0.05) is 24.6 Å². The molecule has 0 radical (unpaired) electrons. The normalized spacial score (nSPS) is 11.4. The molecule has 0 aliphatic rings. The summed E-state index contributed by atoms with van der Waals surface area (Å²) >= 11 is 0. The Morgan fingerprint density at radius 1 is 1.13 bits per heavy atom. The van der Waals surface area contributed by atoms with Crippen LogP contribution in [0.2, 0.25) is 0 Å². The highest BCUT2D eigenvalue weighted by atomic mass is 32.2. The van der Waals surface area contributed by atoms with Crippen LogP contribution in [0.5, 0.6) is 0 Å². The molecule has 0 bridgehead atoms. The van der Waals surface area contributed by atoms with Gasteiger partial charge in [0.15, 0.2) is 0 Å². The smallest absolute Gasteiger partial charge is 0.239 e. The Bertz CT molecular complexity index is 759. The highest BCUT2D eigenvalue weighted by Gasteiger charge is 2.20. The van der Waals surface area contributed by atoms with E-state index in [1.807, 2.05) is 19.1 Å². The molecule has 0 aliphatic heterocycles. The van der Waals surface area contributed by atoms with Crippen LogP contribution in [0.4, 0.5) is 5.69 Å². The second kappa shape index (κ2) is 7.34. The zero-order valence-electron chi connectivity index (χ0n) is 13.1. The minimum absolute atomic E-state index is 0.128. The van der Waals surface area contributed by atoms with Crippen molar-refractivity contribution in [1.29, 1.82) is 0 Å². The van der Waals surface area contributed by atoms with E-state index in [1.165, 1.54) is 0 Å². The number of sulfonamides is 1. The number of anilines is 1. The van der Waals surface area contributed by atoms with Gasteiger partial charge in [0.05, 0.1) is 12.8 Å². The van der Waals surface area contributed by atoms with Gasteiger partial charge < -0.3 is 5.32 Å². The first-order chi connectivity index (χ1) is 10.8. The summed E-state index contributed by atoms with van der Waals surface area (Å²) in [7, 11) is -3.51. The quantitative estimate of drug-likeness (QED) is 0.874. The topological polar surface area (TPSA) is 79.4 Å². The maximum absolute atomic E-state index is 12.1. The van der Waals surface area contributed by atoms with Crippen molar-refractivity contribution in [2.45, 2.75) is 13.5 Å². The van der Waals surface area contributed by atoms with Crippen molar-refractivity contribution in [2.24, 2.45) is 0 Å². The number of carbonyl (C=O) groups is 1. The predicted molar refractivity (Wildman–Crippen MR) is 89.3 cm³/mol. The predicted octanol–water partition coefficient (Wildman–Crippen LogP) is 1.79. The number of amides is 1. The van der Waals surface area contributed by atoms with E-state index in [-0.39, 0.29) is 19.0 Å². The monoisotopic (exact) mass is 333 g/mol. The number of benzene rings is 1. The molecule has 2 rings (SSSR count). The van der Waals surface area contributed by atoms with E-state index in [0.29, 0.717) is 5.69 Å². The number of nitrogens with one attached hydrogen (secondary N) is 1. The highest BCUT2D eigenvalue weighted by Crippen LogP contribution is 2.11. The van der Waals surface area contributed by atoms with E-state index in [4.69, 9.17) is 0 Å². The van der Waals surface area contributed by atoms with Crippen LogP contribution in [0.25, 0.3) is 0 Å². The zero-order chi connectivity index (χ0) is 16.9. The molecule has 2 aromatic rings. The number of hydrogen-bond acceptors (Lipinski definition) is 4. The van der Waals surface area contributed by atoms with Gasteiger partial charge in [-0.05, 0) is 36.8 Å². The van der Waals surface area contributed by atoms with Gasteiger partial charge in [0.2, 0.25) is 15.9 Å².